The van der Waals surface area contributed by atoms with Gasteiger partial charge < -0.3 is 10.6 Å². The molecule has 0 saturated heterocycles. The van der Waals surface area contributed by atoms with E-state index in [-0.39, 0.29) is 17.9 Å². The summed E-state index contributed by atoms with van der Waals surface area (Å²) in [4.78, 5) is 30.3. The maximum atomic E-state index is 13.7. The van der Waals surface area contributed by atoms with Gasteiger partial charge in [0.25, 0.3) is 16.0 Å². The first-order valence-electron chi connectivity index (χ1n) is 14.1. The Labute approximate surface area is 253 Å². The molecule has 0 spiro atoms. The lowest BCUT2D eigenvalue weighted by Gasteiger charge is -2.20. The molecule has 1 aromatic heterocycles. The molecule has 0 saturated carbocycles. The second kappa shape index (κ2) is 13.8. The highest BCUT2D eigenvalue weighted by Gasteiger charge is 2.22. The normalized spacial score (nSPS) is 12.4. The predicted octanol–water partition coefficient (Wildman–Crippen LogP) is 5.92. The Balaban J connectivity index is 1.51. The van der Waals surface area contributed by atoms with Crippen LogP contribution in [0.4, 0.5) is 5.69 Å². The highest BCUT2D eigenvalue weighted by Crippen LogP contribution is 2.27. The van der Waals surface area contributed by atoms with Crippen LogP contribution in [-0.4, -0.2) is 42.1 Å². The van der Waals surface area contributed by atoms with Crippen LogP contribution in [0.25, 0.3) is 11.1 Å². The van der Waals surface area contributed by atoms with Crippen molar-refractivity contribution >= 4 is 27.6 Å². The number of carbonyl (C=O) groups is 2. The molecule has 0 radical (unpaired) electrons. The highest BCUT2D eigenvalue weighted by atomic mass is 32.2. The molecule has 0 aliphatic rings. The number of hydrogen-bond donors (Lipinski definition) is 3. The van der Waals surface area contributed by atoms with Gasteiger partial charge in [-0.2, -0.15) is 8.42 Å². The van der Waals surface area contributed by atoms with Crippen LogP contribution in [0.5, 0.6) is 0 Å². The quantitative estimate of drug-likeness (QED) is 0.184. The number of amides is 2. The Bertz CT molecular complexity index is 1630. The smallest absolute Gasteiger partial charge is 0.266 e. The minimum Gasteiger partial charge on any atom is -0.351 e. The Morgan fingerprint density at radius 3 is 2.09 bits per heavy atom. The topological polar surface area (TPSA) is 125 Å². The van der Waals surface area contributed by atoms with E-state index in [0.29, 0.717) is 17.7 Å². The molecule has 1 unspecified atom stereocenters. The van der Waals surface area contributed by atoms with E-state index in [9.17, 15) is 18.0 Å². The van der Waals surface area contributed by atoms with Crippen molar-refractivity contribution in [2.75, 3.05) is 17.6 Å². The zero-order valence-corrected chi connectivity index (χ0v) is 25.4. The molecule has 1 atom stereocenters. The Morgan fingerprint density at radius 1 is 0.860 bits per heavy atom. The fourth-order valence-corrected chi connectivity index (χ4v) is 5.13. The van der Waals surface area contributed by atoms with Crippen molar-refractivity contribution in [3.8, 4) is 11.1 Å². The van der Waals surface area contributed by atoms with Gasteiger partial charge in [-0.3, -0.25) is 19.1 Å². The molecule has 0 aliphatic carbocycles. The summed E-state index contributed by atoms with van der Waals surface area (Å²) in [6.07, 6.45) is 4.84. The Hall–Kier alpha value is -4.34. The molecule has 0 aliphatic heterocycles. The van der Waals surface area contributed by atoms with Gasteiger partial charge in [-0.05, 0) is 76.4 Å². The number of benzene rings is 3. The van der Waals surface area contributed by atoms with E-state index >= 15 is 0 Å². The number of aromatic nitrogens is 1. The Kier molecular flexibility index (Phi) is 10.1. The fraction of sp³-hybridized carbons (Fsp3) is 0.265. The first-order chi connectivity index (χ1) is 20.4. The number of pyridine rings is 1. The van der Waals surface area contributed by atoms with Crippen molar-refractivity contribution in [3.05, 3.63) is 120 Å². The third-order valence-corrected chi connectivity index (χ3v) is 7.60. The summed E-state index contributed by atoms with van der Waals surface area (Å²) in [7, 11) is -4.16. The molecule has 224 valence electrons. The molecule has 2 amide bonds. The van der Waals surface area contributed by atoms with E-state index in [1.54, 1.807) is 36.7 Å². The molecule has 3 aromatic carbocycles. The summed E-state index contributed by atoms with van der Waals surface area (Å²) in [6.45, 7) is 6.37. The van der Waals surface area contributed by atoms with Crippen LogP contribution in [0.1, 0.15) is 53.7 Å². The second-order valence-electron chi connectivity index (χ2n) is 11.8. The van der Waals surface area contributed by atoms with E-state index in [1.807, 2.05) is 48.5 Å². The van der Waals surface area contributed by atoms with E-state index in [4.69, 9.17) is 4.55 Å². The van der Waals surface area contributed by atoms with Gasteiger partial charge in [-0.15, -0.1) is 0 Å². The average Bonchev–Trinajstić information content (AvgIpc) is 2.96. The summed E-state index contributed by atoms with van der Waals surface area (Å²) < 4.78 is 30.7. The molecular weight excluding hydrogens is 562 g/mol. The number of carbonyl (C=O) groups excluding carboxylic acids is 2. The monoisotopic (exact) mass is 599 g/mol. The second-order valence-corrected chi connectivity index (χ2v) is 13.4. The van der Waals surface area contributed by atoms with Crippen LogP contribution in [0.15, 0.2) is 97.3 Å². The van der Waals surface area contributed by atoms with E-state index < -0.39 is 27.7 Å². The molecule has 0 fully saturated rings. The molecule has 8 nitrogen and oxygen atoms in total. The van der Waals surface area contributed by atoms with Crippen molar-refractivity contribution in [2.45, 2.75) is 39.5 Å². The first kappa shape index (κ1) is 31.6. The number of anilines is 1. The zero-order valence-electron chi connectivity index (χ0n) is 24.6. The maximum absolute atomic E-state index is 13.7. The molecule has 0 bridgehead atoms. The standard InChI is InChI=1S/C34H37N3O5S/c1-34(2,3)22-25-8-10-27(11-9-25)31(21-24-6-12-28(13-7-24)32(38)36-19-20-43(40,41)42)33(39)37-30-16-14-26(15-17-30)29-5-4-18-35-23-29/h4-18,23,31H,19-22H2,1-3H3,(H,36,38)(H,37,39)(H,40,41,42). The summed E-state index contributed by atoms with van der Waals surface area (Å²) in [5.41, 5.74) is 6.11. The SMILES string of the molecule is CC(C)(C)Cc1ccc(C(Cc2ccc(C(=O)NCCS(=O)(=O)O)cc2)C(=O)Nc2ccc(-c3cccnc3)cc2)cc1. The van der Waals surface area contributed by atoms with E-state index in [2.05, 4.69) is 48.5 Å². The van der Waals surface area contributed by atoms with Crippen molar-refractivity contribution in [1.29, 1.82) is 0 Å². The van der Waals surface area contributed by atoms with Gasteiger partial charge in [0.1, 0.15) is 0 Å². The van der Waals surface area contributed by atoms with Crippen molar-refractivity contribution < 1.29 is 22.6 Å². The molecule has 9 heteroatoms. The van der Waals surface area contributed by atoms with Gasteiger partial charge >= 0.3 is 0 Å². The molecule has 3 N–H and O–H groups in total. The Morgan fingerprint density at radius 2 is 1.51 bits per heavy atom. The first-order valence-corrected chi connectivity index (χ1v) is 15.7. The van der Waals surface area contributed by atoms with Crippen molar-refractivity contribution in [1.82, 2.24) is 10.3 Å². The van der Waals surface area contributed by atoms with Gasteiger partial charge in [0.2, 0.25) is 5.91 Å². The maximum Gasteiger partial charge on any atom is 0.266 e. The summed E-state index contributed by atoms with van der Waals surface area (Å²) in [5, 5.41) is 5.55. The van der Waals surface area contributed by atoms with Crippen LogP contribution in [0.3, 0.4) is 0 Å². The lowest BCUT2D eigenvalue weighted by atomic mass is 9.86. The van der Waals surface area contributed by atoms with E-state index in [0.717, 1.165) is 28.7 Å². The predicted molar refractivity (Wildman–Crippen MR) is 170 cm³/mol. The van der Waals surface area contributed by atoms with Gasteiger partial charge in [-0.25, -0.2) is 0 Å². The van der Waals surface area contributed by atoms with Crippen molar-refractivity contribution in [2.24, 2.45) is 5.41 Å². The van der Waals surface area contributed by atoms with Crippen molar-refractivity contribution in [3.63, 3.8) is 0 Å². The molecule has 43 heavy (non-hydrogen) atoms. The van der Waals surface area contributed by atoms with Crippen LogP contribution in [-0.2, 0) is 27.8 Å². The lowest BCUT2D eigenvalue weighted by molar-refractivity contribution is -0.117. The van der Waals surface area contributed by atoms with Crippen LogP contribution in [0, 0.1) is 5.41 Å². The summed E-state index contributed by atoms with van der Waals surface area (Å²) in [6, 6.07) is 26.5. The fourth-order valence-electron chi connectivity index (χ4n) is 4.77. The summed E-state index contributed by atoms with van der Waals surface area (Å²) in [5.74, 6) is -1.65. The molecule has 4 rings (SSSR count). The number of rotatable bonds is 11. The van der Waals surface area contributed by atoms with Crippen LogP contribution < -0.4 is 10.6 Å². The minimum atomic E-state index is -4.16. The van der Waals surface area contributed by atoms with Gasteiger partial charge in [0.15, 0.2) is 0 Å². The number of hydrogen-bond acceptors (Lipinski definition) is 5. The minimum absolute atomic E-state index is 0.140. The average molecular weight is 600 g/mol. The summed E-state index contributed by atoms with van der Waals surface area (Å²) >= 11 is 0. The van der Waals surface area contributed by atoms with E-state index in [1.165, 1.54) is 5.56 Å². The number of nitrogens with one attached hydrogen (secondary N) is 2. The highest BCUT2D eigenvalue weighted by molar-refractivity contribution is 7.85. The number of nitrogens with zero attached hydrogens (tertiary/aromatic N) is 1. The zero-order chi connectivity index (χ0) is 31.0. The third kappa shape index (κ3) is 9.87. The van der Waals surface area contributed by atoms with Crippen LogP contribution >= 0.6 is 0 Å². The lowest BCUT2D eigenvalue weighted by Crippen LogP contribution is -2.28. The molecule has 4 aromatic rings. The van der Waals surface area contributed by atoms with Crippen LogP contribution in [0.2, 0.25) is 0 Å². The van der Waals surface area contributed by atoms with Gasteiger partial charge in [0.05, 0.1) is 11.7 Å². The molecule has 1 heterocycles. The molecular formula is C34H37N3O5S. The van der Waals surface area contributed by atoms with Gasteiger partial charge in [-0.1, -0.05) is 75.4 Å². The van der Waals surface area contributed by atoms with Gasteiger partial charge in [0, 0.05) is 30.2 Å². The largest absolute Gasteiger partial charge is 0.351 e. The third-order valence-electron chi connectivity index (χ3n) is 6.88.